The van der Waals surface area contributed by atoms with E-state index in [-0.39, 0.29) is 11.5 Å². The third-order valence-electron chi connectivity index (χ3n) is 3.57. The van der Waals surface area contributed by atoms with Crippen LogP contribution >= 0.6 is 0 Å². The average molecular weight is 317 g/mol. The number of ether oxygens (including phenoxy) is 1. The maximum absolute atomic E-state index is 12.8. The normalized spacial score (nSPS) is 10.2. The van der Waals surface area contributed by atoms with Gasteiger partial charge in [-0.2, -0.15) is 0 Å². The number of aromatic nitrogens is 1. The van der Waals surface area contributed by atoms with E-state index in [1.54, 1.807) is 60.8 Å². The lowest BCUT2D eigenvalue weighted by atomic mass is 10.0. The molecule has 0 atom stereocenters. The summed E-state index contributed by atoms with van der Waals surface area (Å²) < 4.78 is 5.43. The molecule has 3 rings (SSSR count). The lowest BCUT2D eigenvalue weighted by Gasteiger charge is -2.10. The van der Waals surface area contributed by atoms with Crippen molar-refractivity contribution in [3.63, 3.8) is 0 Å². The van der Waals surface area contributed by atoms with Gasteiger partial charge < -0.3 is 4.74 Å². The molecular weight excluding hydrogens is 302 g/mol. The molecule has 0 fully saturated rings. The van der Waals surface area contributed by atoms with Gasteiger partial charge >= 0.3 is 5.97 Å². The van der Waals surface area contributed by atoms with E-state index in [0.29, 0.717) is 16.8 Å². The minimum absolute atomic E-state index is 0.224. The molecule has 0 aliphatic heterocycles. The lowest BCUT2D eigenvalue weighted by Crippen LogP contribution is -2.13. The summed E-state index contributed by atoms with van der Waals surface area (Å²) in [5, 5.41) is 0. The molecule has 0 saturated heterocycles. The second-order valence-corrected chi connectivity index (χ2v) is 5.25. The Balaban J connectivity index is 1.93. The maximum atomic E-state index is 12.8. The third kappa shape index (κ3) is 3.22. The van der Waals surface area contributed by atoms with Gasteiger partial charge in [0.05, 0.1) is 11.1 Å². The number of esters is 1. The number of carbonyl (C=O) groups is 2. The number of nitrogens with zero attached hydrogens (tertiary/aromatic N) is 1. The third-order valence-corrected chi connectivity index (χ3v) is 3.57. The minimum Gasteiger partial charge on any atom is -0.422 e. The first-order valence-electron chi connectivity index (χ1n) is 7.49. The van der Waals surface area contributed by atoms with Crippen molar-refractivity contribution in [2.24, 2.45) is 0 Å². The molecule has 0 bridgehead atoms. The fraction of sp³-hybridized carbons (Fsp3) is 0.0500. The van der Waals surface area contributed by atoms with Gasteiger partial charge in [-0.05, 0) is 42.8 Å². The van der Waals surface area contributed by atoms with E-state index in [2.05, 4.69) is 4.98 Å². The number of rotatable bonds is 4. The van der Waals surface area contributed by atoms with E-state index < -0.39 is 5.97 Å². The van der Waals surface area contributed by atoms with Crippen molar-refractivity contribution in [3.8, 4) is 5.75 Å². The Kier molecular flexibility index (Phi) is 4.47. The van der Waals surface area contributed by atoms with Crippen molar-refractivity contribution in [3.05, 3.63) is 95.3 Å². The molecule has 0 saturated carbocycles. The van der Waals surface area contributed by atoms with Crippen molar-refractivity contribution in [2.45, 2.75) is 6.92 Å². The Hall–Kier alpha value is -3.27. The number of carbonyl (C=O) groups excluding carboxylic acids is 2. The number of ketones is 1. The van der Waals surface area contributed by atoms with Crippen LogP contribution in [0.2, 0.25) is 0 Å². The Morgan fingerprint density at radius 3 is 2.33 bits per heavy atom. The molecular formula is C20H15NO3. The average Bonchev–Trinajstić information content (AvgIpc) is 2.63. The van der Waals surface area contributed by atoms with Crippen LogP contribution in [0.5, 0.6) is 5.75 Å². The van der Waals surface area contributed by atoms with Crippen LogP contribution in [-0.4, -0.2) is 16.7 Å². The number of hydrogen-bond acceptors (Lipinski definition) is 4. The first-order chi connectivity index (χ1) is 11.7. The van der Waals surface area contributed by atoms with Gasteiger partial charge in [0.1, 0.15) is 11.4 Å². The molecule has 0 aliphatic carbocycles. The highest BCUT2D eigenvalue weighted by Crippen LogP contribution is 2.23. The molecule has 0 N–H and O–H groups in total. The van der Waals surface area contributed by atoms with Crippen LogP contribution in [0.4, 0.5) is 0 Å². The Morgan fingerprint density at radius 1 is 0.875 bits per heavy atom. The maximum Gasteiger partial charge on any atom is 0.343 e. The van der Waals surface area contributed by atoms with Crippen molar-refractivity contribution in [1.82, 2.24) is 4.98 Å². The summed E-state index contributed by atoms with van der Waals surface area (Å²) in [6.45, 7) is 1.82. The predicted octanol–water partition coefficient (Wildman–Crippen LogP) is 3.84. The first kappa shape index (κ1) is 15.6. The van der Waals surface area contributed by atoms with Gasteiger partial charge in [0.25, 0.3) is 0 Å². The van der Waals surface area contributed by atoms with Crippen molar-refractivity contribution < 1.29 is 14.3 Å². The van der Waals surface area contributed by atoms with Crippen LogP contribution in [0, 0.1) is 6.92 Å². The molecule has 1 aromatic heterocycles. The summed E-state index contributed by atoms with van der Waals surface area (Å²) in [6.07, 6.45) is 1.57. The molecule has 2 aromatic carbocycles. The monoisotopic (exact) mass is 317 g/mol. The fourth-order valence-corrected chi connectivity index (χ4v) is 2.33. The van der Waals surface area contributed by atoms with Gasteiger partial charge in [-0.3, -0.25) is 9.78 Å². The van der Waals surface area contributed by atoms with Crippen molar-refractivity contribution >= 4 is 11.8 Å². The molecule has 0 radical (unpaired) electrons. The van der Waals surface area contributed by atoms with E-state index in [1.165, 1.54) is 0 Å². The van der Waals surface area contributed by atoms with Gasteiger partial charge in [0, 0.05) is 6.20 Å². The topological polar surface area (TPSA) is 56.3 Å². The van der Waals surface area contributed by atoms with Crippen LogP contribution in [0.15, 0.2) is 72.9 Å². The molecule has 0 aliphatic rings. The van der Waals surface area contributed by atoms with Crippen LogP contribution in [-0.2, 0) is 0 Å². The molecule has 4 heteroatoms. The largest absolute Gasteiger partial charge is 0.422 e. The summed E-state index contributed by atoms with van der Waals surface area (Å²) in [4.78, 5) is 29.1. The van der Waals surface area contributed by atoms with Crippen LogP contribution < -0.4 is 4.74 Å². The van der Waals surface area contributed by atoms with Crippen LogP contribution in [0.1, 0.15) is 32.0 Å². The van der Waals surface area contributed by atoms with Crippen LogP contribution in [0.3, 0.4) is 0 Å². The van der Waals surface area contributed by atoms with E-state index >= 15 is 0 Å². The molecule has 118 valence electrons. The zero-order chi connectivity index (χ0) is 16.9. The summed E-state index contributed by atoms with van der Waals surface area (Å²) in [6, 6.07) is 18.9. The minimum atomic E-state index is -0.506. The van der Waals surface area contributed by atoms with E-state index in [4.69, 9.17) is 4.74 Å². The predicted molar refractivity (Wildman–Crippen MR) is 90.2 cm³/mol. The number of benzene rings is 2. The molecule has 0 unspecified atom stereocenters. The second-order valence-electron chi connectivity index (χ2n) is 5.25. The van der Waals surface area contributed by atoms with Crippen molar-refractivity contribution in [2.75, 3.05) is 0 Å². The summed E-state index contributed by atoms with van der Waals surface area (Å²) in [7, 11) is 0. The van der Waals surface area contributed by atoms with Gasteiger partial charge in [0.15, 0.2) is 0 Å². The van der Waals surface area contributed by atoms with Gasteiger partial charge in [-0.25, -0.2) is 4.79 Å². The number of pyridine rings is 1. The highest BCUT2D eigenvalue weighted by Gasteiger charge is 2.19. The number of hydrogen-bond donors (Lipinski definition) is 0. The highest BCUT2D eigenvalue weighted by molar-refractivity contribution is 6.10. The van der Waals surface area contributed by atoms with Crippen molar-refractivity contribution in [1.29, 1.82) is 0 Å². The molecule has 24 heavy (non-hydrogen) atoms. The van der Waals surface area contributed by atoms with Gasteiger partial charge in [-0.15, -0.1) is 0 Å². The molecule has 3 aromatic rings. The van der Waals surface area contributed by atoms with Gasteiger partial charge in [0.2, 0.25) is 5.78 Å². The van der Waals surface area contributed by atoms with E-state index in [9.17, 15) is 9.59 Å². The smallest absolute Gasteiger partial charge is 0.343 e. The Labute approximate surface area is 139 Å². The summed E-state index contributed by atoms with van der Waals surface area (Å²) in [5.74, 6) is -0.556. The number of para-hydroxylation sites is 1. The lowest BCUT2D eigenvalue weighted by molar-refractivity contribution is 0.0733. The van der Waals surface area contributed by atoms with E-state index in [1.807, 2.05) is 19.1 Å². The standard InChI is InChI=1S/C20H15NO3/c1-14-8-7-13-21-18(14)19(22)16-11-5-6-12-17(16)24-20(23)15-9-3-2-4-10-15/h2-13H,1H3. The molecule has 0 amide bonds. The first-order valence-corrected chi connectivity index (χ1v) is 7.49. The SMILES string of the molecule is Cc1cccnc1C(=O)c1ccccc1OC(=O)c1ccccc1. The Bertz CT molecular complexity index is 888. The molecule has 4 nitrogen and oxygen atoms in total. The summed E-state index contributed by atoms with van der Waals surface area (Å²) >= 11 is 0. The highest BCUT2D eigenvalue weighted by atomic mass is 16.5. The quantitative estimate of drug-likeness (QED) is 0.417. The van der Waals surface area contributed by atoms with Crippen LogP contribution in [0.25, 0.3) is 0 Å². The molecule has 0 spiro atoms. The number of aryl methyl sites for hydroxylation is 1. The zero-order valence-corrected chi connectivity index (χ0v) is 13.1. The second kappa shape index (κ2) is 6.87. The zero-order valence-electron chi connectivity index (χ0n) is 13.1. The Morgan fingerprint density at radius 2 is 1.58 bits per heavy atom. The van der Waals surface area contributed by atoms with Gasteiger partial charge in [-0.1, -0.05) is 36.4 Å². The van der Waals surface area contributed by atoms with E-state index in [0.717, 1.165) is 5.56 Å². The summed E-state index contributed by atoms with van der Waals surface area (Å²) in [5.41, 5.74) is 1.85. The molecule has 1 heterocycles. The fourth-order valence-electron chi connectivity index (χ4n) is 2.33.